The molecular weight excluding hydrogens is 246 g/mol. The van der Waals surface area contributed by atoms with Gasteiger partial charge in [-0.15, -0.1) is 0 Å². The summed E-state index contributed by atoms with van der Waals surface area (Å²) in [5, 5.41) is 0.367. The van der Waals surface area contributed by atoms with E-state index in [9.17, 15) is 0 Å². The van der Waals surface area contributed by atoms with Crippen LogP contribution in [0.2, 0.25) is 0 Å². The van der Waals surface area contributed by atoms with Crippen LogP contribution >= 0.6 is 7.92 Å². The van der Waals surface area contributed by atoms with Crippen molar-refractivity contribution in [3.63, 3.8) is 0 Å². The van der Waals surface area contributed by atoms with Crippen molar-refractivity contribution in [3.8, 4) is 0 Å². The quantitative estimate of drug-likeness (QED) is 0.433. The van der Waals surface area contributed by atoms with Crippen LogP contribution in [0.25, 0.3) is 0 Å². The Bertz CT molecular complexity index is 432. The molecule has 97 valence electrons. The van der Waals surface area contributed by atoms with Crippen molar-refractivity contribution < 1.29 is 0 Å². The van der Waals surface area contributed by atoms with Crippen LogP contribution in [0.4, 0.5) is 0 Å². The minimum atomic E-state index is 0. The van der Waals surface area contributed by atoms with E-state index >= 15 is 0 Å². The topological polar surface area (TPSA) is 0 Å². The van der Waals surface area contributed by atoms with Gasteiger partial charge in [0.05, 0.1) is 0 Å². The Morgan fingerprint density at radius 2 is 1.58 bits per heavy atom. The minimum Gasteiger partial charge on any atom is -0.0920 e. The van der Waals surface area contributed by atoms with E-state index in [2.05, 4.69) is 54.6 Å². The van der Waals surface area contributed by atoms with Crippen molar-refractivity contribution in [2.75, 3.05) is 12.3 Å². The number of hydrogen-bond donors (Lipinski definition) is 0. The van der Waals surface area contributed by atoms with Crippen molar-refractivity contribution in [1.29, 1.82) is 0 Å². The lowest BCUT2D eigenvalue weighted by Gasteiger charge is -2.36. The molecule has 1 aliphatic carbocycles. The van der Waals surface area contributed by atoms with Gasteiger partial charge in [0.25, 0.3) is 0 Å². The molecule has 1 saturated heterocycles. The summed E-state index contributed by atoms with van der Waals surface area (Å²) in [7, 11) is 0.155. The van der Waals surface area contributed by atoms with Crippen LogP contribution < -0.4 is 0 Å². The molecule has 0 nitrogen and oxygen atoms in total. The fraction of sp³-hybridized carbons (Fsp3) is 0.412. The summed E-state index contributed by atoms with van der Waals surface area (Å²) in [5.74, 6) is 0. The number of benzene rings is 1. The Hall–Kier alpha value is -0.805. The molecule has 2 heteroatoms. The third-order valence-corrected chi connectivity index (χ3v) is 7.46. The van der Waals surface area contributed by atoms with Crippen LogP contribution in [0, 0.1) is 0 Å². The van der Waals surface area contributed by atoms with E-state index in [1.165, 1.54) is 37.1 Å². The average molecular weight is 267 g/mol. The van der Waals surface area contributed by atoms with E-state index in [0.717, 1.165) is 6.42 Å². The van der Waals surface area contributed by atoms with Gasteiger partial charge in [0, 0.05) is 13.6 Å². The lowest BCUT2D eigenvalue weighted by atomic mass is 9.94. The molecule has 0 amide bonds. The van der Waals surface area contributed by atoms with Crippen molar-refractivity contribution in [2.24, 2.45) is 0 Å². The van der Waals surface area contributed by atoms with Crippen LogP contribution in [0.1, 0.15) is 24.8 Å². The smallest absolute Gasteiger partial charge is 0.0302 e. The monoisotopic (exact) mass is 267 g/mol. The van der Waals surface area contributed by atoms with Gasteiger partial charge in [-0.05, 0) is 43.6 Å². The molecule has 0 bridgehead atoms. The Balaban J connectivity index is 0.00000133. The van der Waals surface area contributed by atoms with Crippen molar-refractivity contribution in [1.82, 2.24) is 0 Å². The molecule has 2 aliphatic rings. The zero-order valence-electron chi connectivity index (χ0n) is 11.5. The second-order valence-corrected chi connectivity index (χ2v) is 8.19. The zero-order valence-corrected chi connectivity index (χ0v) is 12.4. The van der Waals surface area contributed by atoms with E-state index in [-0.39, 0.29) is 16.3 Å². The van der Waals surface area contributed by atoms with Crippen LogP contribution in [-0.2, 0) is 6.42 Å². The van der Waals surface area contributed by atoms with Crippen molar-refractivity contribution in [3.05, 3.63) is 60.2 Å². The van der Waals surface area contributed by atoms with Gasteiger partial charge in [-0.3, -0.25) is 0 Å². The highest BCUT2D eigenvalue weighted by atomic mass is 31.1. The molecule has 1 aliphatic heterocycles. The zero-order chi connectivity index (χ0) is 12.3. The maximum Gasteiger partial charge on any atom is 0.0302 e. The average Bonchev–Trinajstić information content (AvgIpc) is 2.95. The van der Waals surface area contributed by atoms with Gasteiger partial charge < -0.3 is 0 Å². The summed E-state index contributed by atoms with van der Waals surface area (Å²) in [4.78, 5) is 0. The van der Waals surface area contributed by atoms with Gasteiger partial charge in [0.15, 0.2) is 0 Å². The molecule has 3 radical (unpaired) electrons. The molecule has 0 aromatic heterocycles. The normalized spacial score (nSPS) is 21.3. The summed E-state index contributed by atoms with van der Waals surface area (Å²) in [6, 6.07) is 11.0. The molecule has 0 saturated carbocycles. The molecule has 0 N–H and O–H groups in total. The van der Waals surface area contributed by atoms with E-state index in [1.807, 2.05) is 0 Å². The summed E-state index contributed by atoms with van der Waals surface area (Å²) >= 11 is 0. The van der Waals surface area contributed by atoms with Gasteiger partial charge in [-0.1, -0.05) is 62.6 Å². The highest BCUT2D eigenvalue weighted by Crippen LogP contribution is 2.58. The highest BCUT2D eigenvalue weighted by molar-refractivity contribution is 7.60. The summed E-state index contributed by atoms with van der Waals surface area (Å²) in [6.45, 7) is 0. The molecule has 1 aromatic rings. The molecule has 0 spiro atoms. The molecular formula is C17H21BP. The van der Waals surface area contributed by atoms with Gasteiger partial charge >= 0.3 is 0 Å². The maximum atomic E-state index is 2.52. The third-order valence-electron chi connectivity index (χ3n) is 4.11. The molecule has 1 aromatic carbocycles. The first kappa shape index (κ1) is 14.6. The molecule has 3 rings (SSSR count). The van der Waals surface area contributed by atoms with Crippen molar-refractivity contribution in [2.45, 2.75) is 30.8 Å². The van der Waals surface area contributed by atoms with Crippen molar-refractivity contribution >= 4 is 16.3 Å². The lowest BCUT2D eigenvalue weighted by molar-refractivity contribution is 0.827. The SMILES string of the molecule is C1=CC(Cc2ccccc2)(P2CCCC2)C=CC1.[B]. The van der Waals surface area contributed by atoms with Crippen LogP contribution in [0.15, 0.2) is 54.6 Å². The molecule has 1 fully saturated rings. The van der Waals surface area contributed by atoms with E-state index in [4.69, 9.17) is 0 Å². The standard InChI is InChI=1S/C17H21P.B/c1-3-9-16(10-4-1)15-17(11-5-2-6-12-17)18-13-7-8-14-18;/h1,3-6,9-12H,2,7-8,13-15H2;. The Morgan fingerprint density at radius 3 is 2.21 bits per heavy atom. The van der Waals surface area contributed by atoms with E-state index < -0.39 is 0 Å². The summed E-state index contributed by atoms with van der Waals surface area (Å²) in [5.41, 5.74) is 1.49. The number of rotatable bonds is 3. The summed E-state index contributed by atoms with van der Waals surface area (Å²) < 4.78 is 0. The van der Waals surface area contributed by atoms with E-state index in [0.29, 0.717) is 5.16 Å². The van der Waals surface area contributed by atoms with Crippen LogP contribution in [-0.4, -0.2) is 25.9 Å². The third kappa shape index (κ3) is 3.21. The predicted molar refractivity (Wildman–Crippen MR) is 87.4 cm³/mol. The minimum absolute atomic E-state index is 0. The number of allylic oxidation sites excluding steroid dienone is 4. The number of hydrogen-bond acceptors (Lipinski definition) is 0. The first-order valence-corrected chi connectivity index (χ1v) is 8.75. The second kappa shape index (κ2) is 6.57. The van der Waals surface area contributed by atoms with Gasteiger partial charge in [0.1, 0.15) is 0 Å². The fourth-order valence-electron chi connectivity index (χ4n) is 3.18. The van der Waals surface area contributed by atoms with Gasteiger partial charge in [0.2, 0.25) is 0 Å². The Labute approximate surface area is 120 Å². The Kier molecular flexibility index (Phi) is 5.05. The van der Waals surface area contributed by atoms with Gasteiger partial charge in [-0.2, -0.15) is 0 Å². The second-order valence-electron chi connectivity index (χ2n) is 5.39. The lowest BCUT2D eigenvalue weighted by Crippen LogP contribution is -2.26. The predicted octanol–water partition coefficient (Wildman–Crippen LogP) is 4.38. The first-order valence-electron chi connectivity index (χ1n) is 7.03. The molecule has 0 unspecified atom stereocenters. The molecule has 19 heavy (non-hydrogen) atoms. The molecule has 1 heterocycles. The largest absolute Gasteiger partial charge is 0.0920 e. The highest BCUT2D eigenvalue weighted by Gasteiger charge is 2.36. The van der Waals surface area contributed by atoms with E-state index in [1.54, 1.807) is 0 Å². The fourth-order valence-corrected chi connectivity index (χ4v) is 6.48. The van der Waals surface area contributed by atoms with Gasteiger partial charge in [-0.25, -0.2) is 0 Å². The summed E-state index contributed by atoms with van der Waals surface area (Å²) in [6.07, 6.45) is 18.0. The first-order chi connectivity index (χ1) is 8.89. The maximum absolute atomic E-state index is 2.52. The van der Waals surface area contributed by atoms with Crippen LogP contribution in [0.5, 0.6) is 0 Å². The van der Waals surface area contributed by atoms with Crippen LogP contribution in [0.3, 0.4) is 0 Å². The molecule has 0 atom stereocenters. The Morgan fingerprint density at radius 1 is 0.947 bits per heavy atom.